The van der Waals surface area contributed by atoms with Crippen LogP contribution in [-0.4, -0.2) is 48.6 Å². The summed E-state index contributed by atoms with van der Waals surface area (Å²) in [6.45, 7) is 5.83. The molecule has 0 aliphatic carbocycles. The second kappa shape index (κ2) is 10.6. The van der Waals surface area contributed by atoms with E-state index in [0.717, 1.165) is 35.2 Å². The molecule has 1 aromatic heterocycles. The van der Waals surface area contributed by atoms with E-state index in [-0.39, 0.29) is 17.9 Å². The topological polar surface area (TPSA) is 118 Å². The van der Waals surface area contributed by atoms with Crippen molar-refractivity contribution in [2.45, 2.75) is 51.7 Å². The molecule has 1 aromatic carbocycles. The van der Waals surface area contributed by atoms with Gasteiger partial charge in [-0.3, -0.25) is 14.6 Å². The van der Waals surface area contributed by atoms with E-state index in [2.05, 4.69) is 27.9 Å². The van der Waals surface area contributed by atoms with Gasteiger partial charge in [0.1, 0.15) is 11.8 Å². The molecule has 1 unspecified atom stereocenters. The summed E-state index contributed by atoms with van der Waals surface area (Å²) in [4.78, 5) is 28.1. The number of methoxy groups -OCH3 is 1. The third-order valence-electron chi connectivity index (χ3n) is 4.59. The summed E-state index contributed by atoms with van der Waals surface area (Å²) in [6, 6.07) is 6.73. The predicted octanol–water partition coefficient (Wildman–Crippen LogP) is 1.79. The predicted molar refractivity (Wildman–Crippen MR) is 115 cm³/mol. The summed E-state index contributed by atoms with van der Waals surface area (Å²) in [6.07, 6.45) is 3.42. The largest absolute Gasteiger partial charge is 0.497 e. The highest BCUT2D eigenvalue weighted by Crippen LogP contribution is 2.28. The van der Waals surface area contributed by atoms with Gasteiger partial charge in [-0.15, -0.1) is 0 Å². The maximum atomic E-state index is 12.0. The zero-order chi connectivity index (χ0) is 21.4. The molecule has 0 aliphatic heterocycles. The minimum Gasteiger partial charge on any atom is -0.497 e. The monoisotopic (exact) mass is 401 g/mol. The Morgan fingerprint density at radius 2 is 1.97 bits per heavy atom. The van der Waals surface area contributed by atoms with Crippen molar-refractivity contribution in [3.05, 3.63) is 30.5 Å². The number of rotatable bonds is 10. The first-order chi connectivity index (χ1) is 13.8. The highest BCUT2D eigenvalue weighted by atomic mass is 16.5. The molecule has 0 saturated heterocycles. The second-order valence-corrected chi connectivity index (χ2v) is 7.25. The summed E-state index contributed by atoms with van der Waals surface area (Å²) in [7, 11) is 1.64. The highest BCUT2D eigenvalue weighted by molar-refractivity contribution is 5.92. The van der Waals surface area contributed by atoms with E-state index in [4.69, 9.17) is 10.5 Å². The Kier molecular flexibility index (Phi) is 8.21. The Morgan fingerprint density at radius 3 is 2.66 bits per heavy atom. The molecule has 0 fully saturated rings. The lowest BCUT2D eigenvalue weighted by Crippen LogP contribution is -2.49. The molecule has 0 aliphatic rings. The quantitative estimate of drug-likeness (QED) is 0.451. The first-order valence-corrected chi connectivity index (χ1v) is 9.84. The Labute approximate surface area is 171 Å². The average molecular weight is 402 g/mol. The Morgan fingerprint density at radius 1 is 1.21 bits per heavy atom. The van der Waals surface area contributed by atoms with Crippen LogP contribution in [0.4, 0.5) is 5.69 Å². The number of anilines is 1. The van der Waals surface area contributed by atoms with Gasteiger partial charge in [0.15, 0.2) is 0 Å². The number of hydrogen-bond acceptors (Lipinski definition) is 6. The van der Waals surface area contributed by atoms with Crippen molar-refractivity contribution in [2.24, 2.45) is 5.73 Å². The molecule has 2 rings (SSSR count). The van der Waals surface area contributed by atoms with Gasteiger partial charge >= 0.3 is 0 Å². The van der Waals surface area contributed by atoms with Gasteiger partial charge in [-0.2, -0.15) is 0 Å². The van der Waals surface area contributed by atoms with Crippen LogP contribution in [0, 0.1) is 0 Å². The minimum atomic E-state index is -0.639. The van der Waals surface area contributed by atoms with E-state index in [1.54, 1.807) is 27.2 Å². The van der Waals surface area contributed by atoms with E-state index in [1.807, 2.05) is 24.3 Å². The van der Waals surface area contributed by atoms with Crippen LogP contribution in [-0.2, 0) is 9.59 Å². The molecule has 2 aromatic rings. The number of benzene rings is 1. The Bertz CT molecular complexity index is 840. The highest BCUT2D eigenvalue weighted by Gasteiger charge is 2.17. The van der Waals surface area contributed by atoms with Gasteiger partial charge in [-0.25, -0.2) is 0 Å². The molecule has 0 bridgehead atoms. The maximum Gasteiger partial charge on any atom is 0.242 e. The number of carbonyl (C=O) groups is 2. The van der Waals surface area contributed by atoms with E-state index >= 15 is 0 Å². The zero-order valence-electron chi connectivity index (χ0n) is 17.5. The fourth-order valence-electron chi connectivity index (χ4n) is 2.91. The van der Waals surface area contributed by atoms with Gasteiger partial charge in [-0.05, 0) is 45.7 Å². The first-order valence-electron chi connectivity index (χ1n) is 9.84. The van der Waals surface area contributed by atoms with Crippen LogP contribution in [0.1, 0.15) is 33.6 Å². The number of nitrogens with zero attached hydrogens (tertiary/aromatic N) is 1. The van der Waals surface area contributed by atoms with Gasteiger partial charge in [0.25, 0.3) is 0 Å². The molecular formula is C21H31N5O3. The third kappa shape index (κ3) is 6.60. The van der Waals surface area contributed by atoms with Crippen molar-refractivity contribution in [3.8, 4) is 5.75 Å². The van der Waals surface area contributed by atoms with Crippen LogP contribution in [0.15, 0.2) is 30.5 Å². The molecule has 2 amide bonds. The molecule has 0 saturated carbocycles. The molecular weight excluding hydrogens is 370 g/mol. The molecule has 3 atom stereocenters. The second-order valence-electron chi connectivity index (χ2n) is 7.25. The smallest absolute Gasteiger partial charge is 0.242 e. The number of ether oxygens (including phenoxy) is 1. The van der Waals surface area contributed by atoms with Crippen molar-refractivity contribution in [2.75, 3.05) is 19.0 Å². The van der Waals surface area contributed by atoms with Crippen molar-refractivity contribution < 1.29 is 14.3 Å². The Hall–Kier alpha value is -2.87. The van der Waals surface area contributed by atoms with Crippen molar-refractivity contribution in [1.29, 1.82) is 0 Å². The molecule has 1 heterocycles. The lowest BCUT2D eigenvalue weighted by atomic mass is 10.1. The molecule has 29 heavy (non-hydrogen) atoms. The lowest BCUT2D eigenvalue weighted by molar-refractivity contribution is -0.129. The normalized spacial score (nSPS) is 14.0. The third-order valence-corrected chi connectivity index (χ3v) is 4.59. The van der Waals surface area contributed by atoms with E-state index in [1.165, 1.54) is 0 Å². The average Bonchev–Trinajstić information content (AvgIpc) is 2.70. The number of nitrogens with one attached hydrogen (secondary N) is 3. The summed E-state index contributed by atoms with van der Waals surface area (Å²) in [5.74, 6) is 0.211. The van der Waals surface area contributed by atoms with E-state index in [0.29, 0.717) is 6.54 Å². The molecule has 158 valence electrons. The standard InChI is InChI=1S/C21H31N5O3/c1-13(7-5-10-24-21(28)15(3)26-20(27)14(2)22)25-18-12-17(29-4)11-16-8-6-9-23-19(16)18/h6,8-9,11-15,25H,5,7,10,22H2,1-4H3,(H,24,28)(H,26,27)/t13?,14-,15-/m0/s1. The minimum absolute atomic E-state index is 0.180. The van der Waals surface area contributed by atoms with Gasteiger partial charge in [0.2, 0.25) is 11.8 Å². The van der Waals surface area contributed by atoms with Crippen molar-refractivity contribution in [1.82, 2.24) is 15.6 Å². The fraction of sp³-hybridized carbons (Fsp3) is 0.476. The summed E-state index contributed by atoms with van der Waals surface area (Å²) in [5, 5.41) is 9.92. The van der Waals surface area contributed by atoms with Gasteiger partial charge in [0, 0.05) is 30.2 Å². The Balaban J connectivity index is 1.82. The van der Waals surface area contributed by atoms with Crippen LogP contribution < -0.4 is 26.4 Å². The summed E-state index contributed by atoms with van der Waals surface area (Å²) < 4.78 is 5.38. The number of aromatic nitrogens is 1. The number of hydrogen-bond donors (Lipinski definition) is 4. The maximum absolute atomic E-state index is 12.0. The summed E-state index contributed by atoms with van der Waals surface area (Å²) >= 11 is 0. The van der Waals surface area contributed by atoms with Crippen molar-refractivity contribution in [3.63, 3.8) is 0 Å². The number of nitrogens with two attached hydrogens (primary N) is 1. The van der Waals surface area contributed by atoms with Crippen LogP contribution in [0.3, 0.4) is 0 Å². The van der Waals surface area contributed by atoms with Crippen LogP contribution in [0.25, 0.3) is 10.9 Å². The zero-order valence-corrected chi connectivity index (χ0v) is 17.5. The van der Waals surface area contributed by atoms with Crippen LogP contribution in [0.5, 0.6) is 5.75 Å². The van der Waals surface area contributed by atoms with Crippen LogP contribution >= 0.6 is 0 Å². The van der Waals surface area contributed by atoms with Crippen LogP contribution in [0.2, 0.25) is 0 Å². The fourth-order valence-corrected chi connectivity index (χ4v) is 2.91. The lowest BCUT2D eigenvalue weighted by Gasteiger charge is -2.18. The number of fused-ring (bicyclic) bond motifs is 1. The molecule has 8 heteroatoms. The van der Waals surface area contributed by atoms with E-state index < -0.39 is 12.1 Å². The van der Waals surface area contributed by atoms with Gasteiger partial charge < -0.3 is 26.4 Å². The van der Waals surface area contributed by atoms with Gasteiger partial charge in [-0.1, -0.05) is 6.07 Å². The summed E-state index contributed by atoms with van der Waals surface area (Å²) in [5.41, 5.74) is 7.31. The number of pyridine rings is 1. The molecule has 0 radical (unpaired) electrons. The molecule has 8 nitrogen and oxygen atoms in total. The SMILES string of the molecule is COc1cc(NC(C)CCCNC(=O)[C@H](C)NC(=O)[C@H](C)N)c2ncccc2c1. The van der Waals surface area contributed by atoms with Gasteiger partial charge in [0.05, 0.1) is 24.4 Å². The number of carbonyl (C=O) groups excluding carboxylic acids is 2. The van der Waals surface area contributed by atoms with Crippen molar-refractivity contribution >= 4 is 28.4 Å². The van der Waals surface area contributed by atoms with E-state index in [9.17, 15) is 9.59 Å². The molecule has 0 spiro atoms. The first kappa shape index (κ1) is 22.4. The number of amides is 2. The molecule has 5 N–H and O–H groups in total.